The first-order valence-electron chi connectivity index (χ1n) is 5.57. The van der Waals surface area contributed by atoms with Gasteiger partial charge in [0.2, 0.25) is 0 Å². The Hall–Kier alpha value is -1.65. The van der Waals surface area contributed by atoms with Crippen LogP contribution in [0.15, 0.2) is 36.9 Å². The van der Waals surface area contributed by atoms with Crippen molar-refractivity contribution in [3.8, 4) is 5.75 Å². The van der Waals surface area contributed by atoms with Crippen molar-refractivity contribution >= 4 is 11.6 Å². The van der Waals surface area contributed by atoms with Crippen molar-refractivity contribution < 1.29 is 4.74 Å². The summed E-state index contributed by atoms with van der Waals surface area (Å²) in [5.41, 5.74) is 1.99. The van der Waals surface area contributed by atoms with Crippen LogP contribution in [-0.4, -0.2) is 17.1 Å². The number of methoxy groups -OCH3 is 1. The molecule has 0 fully saturated rings. The quantitative estimate of drug-likeness (QED) is 0.900. The Balaban J connectivity index is 1.98. The molecule has 0 radical (unpaired) electrons. The highest BCUT2D eigenvalue weighted by atomic mass is 35.5. The first kappa shape index (κ1) is 12.8. The lowest BCUT2D eigenvalue weighted by Gasteiger charge is -2.11. The minimum atomic E-state index is 0.637. The number of aromatic nitrogens is 2. The molecule has 0 saturated carbocycles. The summed E-state index contributed by atoms with van der Waals surface area (Å²) in [4.78, 5) is 7.92. The number of ether oxygens (including phenoxy) is 1. The van der Waals surface area contributed by atoms with Crippen molar-refractivity contribution in [3.05, 3.63) is 53.1 Å². The maximum absolute atomic E-state index is 6.15. The third-order valence-corrected chi connectivity index (χ3v) is 2.89. The normalized spacial score (nSPS) is 10.3. The van der Waals surface area contributed by atoms with Gasteiger partial charge in [-0.15, -0.1) is 0 Å². The summed E-state index contributed by atoms with van der Waals surface area (Å²) < 4.78 is 5.28. The molecule has 0 spiro atoms. The lowest BCUT2D eigenvalue weighted by molar-refractivity contribution is 0.407. The van der Waals surface area contributed by atoms with Gasteiger partial charge in [-0.2, -0.15) is 0 Å². The van der Waals surface area contributed by atoms with Gasteiger partial charge in [-0.25, -0.2) is 9.97 Å². The van der Waals surface area contributed by atoms with Crippen molar-refractivity contribution in [2.75, 3.05) is 7.11 Å². The van der Waals surface area contributed by atoms with E-state index in [1.807, 2.05) is 18.2 Å². The number of nitrogens with zero attached hydrogens (tertiary/aromatic N) is 2. The molecule has 5 heteroatoms. The van der Waals surface area contributed by atoms with Crippen LogP contribution in [0.25, 0.3) is 0 Å². The van der Waals surface area contributed by atoms with Crippen molar-refractivity contribution in [1.82, 2.24) is 15.3 Å². The Morgan fingerprint density at radius 3 is 2.72 bits per heavy atom. The highest BCUT2D eigenvalue weighted by molar-refractivity contribution is 6.31. The molecule has 1 heterocycles. The lowest BCUT2D eigenvalue weighted by atomic mass is 10.2. The van der Waals surface area contributed by atoms with Gasteiger partial charge in [-0.1, -0.05) is 17.7 Å². The third kappa shape index (κ3) is 3.18. The summed E-state index contributed by atoms with van der Waals surface area (Å²) in [6, 6.07) is 5.62. The van der Waals surface area contributed by atoms with E-state index in [0.717, 1.165) is 16.9 Å². The number of rotatable bonds is 5. The van der Waals surface area contributed by atoms with Gasteiger partial charge in [0.05, 0.1) is 7.11 Å². The van der Waals surface area contributed by atoms with Crippen molar-refractivity contribution in [2.24, 2.45) is 0 Å². The van der Waals surface area contributed by atoms with Crippen LogP contribution in [0.2, 0.25) is 5.02 Å². The molecule has 94 valence electrons. The van der Waals surface area contributed by atoms with Crippen LogP contribution in [0.1, 0.15) is 11.1 Å². The number of halogens is 1. The standard InChI is InChI=1S/C13H14ClN3O/c1-18-13-4-2-3-12(14)11(13)8-15-5-10-6-16-9-17-7-10/h2-4,6-7,9,15H,5,8H2,1H3. The largest absolute Gasteiger partial charge is 0.496 e. The number of hydrogen-bond donors (Lipinski definition) is 1. The van der Waals surface area contributed by atoms with Gasteiger partial charge in [0.15, 0.2) is 0 Å². The van der Waals surface area contributed by atoms with E-state index in [0.29, 0.717) is 18.1 Å². The fourth-order valence-corrected chi connectivity index (χ4v) is 1.89. The van der Waals surface area contributed by atoms with Crippen molar-refractivity contribution in [2.45, 2.75) is 13.1 Å². The molecule has 0 saturated heterocycles. The summed E-state index contributed by atoms with van der Waals surface area (Å²) in [5, 5.41) is 3.99. The highest BCUT2D eigenvalue weighted by Crippen LogP contribution is 2.25. The minimum absolute atomic E-state index is 0.637. The Labute approximate surface area is 111 Å². The maximum Gasteiger partial charge on any atom is 0.124 e. The fraction of sp³-hybridized carbons (Fsp3) is 0.231. The van der Waals surface area contributed by atoms with Crippen LogP contribution in [0.3, 0.4) is 0 Å². The van der Waals surface area contributed by atoms with E-state index in [4.69, 9.17) is 16.3 Å². The molecule has 2 aromatic rings. The zero-order valence-corrected chi connectivity index (χ0v) is 10.8. The molecule has 0 aliphatic rings. The molecular formula is C13H14ClN3O. The molecule has 0 aliphatic heterocycles. The number of nitrogens with one attached hydrogen (secondary N) is 1. The van der Waals surface area contributed by atoms with E-state index in [1.54, 1.807) is 19.5 Å². The van der Waals surface area contributed by atoms with Crippen LogP contribution >= 0.6 is 11.6 Å². The molecule has 1 aromatic heterocycles. The summed E-state index contributed by atoms with van der Waals surface area (Å²) in [5.74, 6) is 0.791. The summed E-state index contributed by atoms with van der Waals surface area (Å²) in [6.07, 6.45) is 5.08. The molecule has 0 bridgehead atoms. The molecular weight excluding hydrogens is 250 g/mol. The van der Waals surface area contributed by atoms with Crippen LogP contribution in [0.5, 0.6) is 5.75 Å². The second-order valence-corrected chi connectivity index (χ2v) is 4.18. The average Bonchev–Trinajstić information content (AvgIpc) is 2.41. The van der Waals surface area contributed by atoms with Crippen molar-refractivity contribution in [3.63, 3.8) is 0 Å². The molecule has 0 amide bonds. The zero-order valence-electron chi connectivity index (χ0n) is 10.1. The van der Waals surface area contributed by atoms with Gasteiger partial charge in [0.1, 0.15) is 12.1 Å². The number of benzene rings is 1. The van der Waals surface area contributed by atoms with Gasteiger partial charge in [-0.3, -0.25) is 0 Å². The Kier molecular flexibility index (Phi) is 4.50. The summed E-state index contributed by atoms with van der Waals surface area (Å²) in [6.45, 7) is 1.33. The Morgan fingerprint density at radius 1 is 1.22 bits per heavy atom. The van der Waals surface area contributed by atoms with Gasteiger partial charge in [0.25, 0.3) is 0 Å². The molecule has 0 unspecified atom stereocenters. The van der Waals surface area contributed by atoms with Crippen LogP contribution in [0.4, 0.5) is 0 Å². The highest BCUT2D eigenvalue weighted by Gasteiger charge is 2.06. The second kappa shape index (κ2) is 6.33. The lowest BCUT2D eigenvalue weighted by Crippen LogP contribution is -2.14. The molecule has 1 aromatic carbocycles. The monoisotopic (exact) mass is 263 g/mol. The zero-order chi connectivity index (χ0) is 12.8. The van der Waals surface area contributed by atoms with Gasteiger partial charge >= 0.3 is 0 Å². The van der Waals surface area contributed by atoms with E-state index in [1.165, 1.54) is 6.33 Å². The Morgan fingerprint density at radius 2 is 2.00 bits per heavy atom. The van der Waals surface area contributed by atoms with E-state index >= 15 is 0 Å². The first-order chi connectivity index (χ1) is 8.81. The minimum Gasteiger partial charge on any atom is -0.496 e. The van der Waals surface area contributed by atoms with Gasteiger partial charge < -0.3 is 10.1 Å². The Bertz CT molecular complexity index is 505. The average molecular weight is 264 g/mol. The maximum atomic E-state index is 6.15. The molecule has 18 heavy (non-hydrogen) atoms. The molecule has 4 nitrogen and oxygen atoms in total. The predicted octanol–water partition coefficient (Wildman–Crippen LogP) is 2.43. The van der Waals surface area contributed by atoms with E-state index in [-0.39, 0.29) is 0 Å². The topological polar surface area (TPSA) is 47.0 Å². The van der Waals surface area contributed by atoms with Gasteiger partial charge in [0, 0.05) is 41.6 Å². The van der Waals surface area contributed by atoms with Crippen LogP contribution in [-0.2, 0) is 13.1 Å². The smallest absolute Gasteiger partial charge is 0.124 e. The molecule has 1 N–H and O–H groups in total. The molecule has 0 atom stereocenters. The predicted molar refractivity (Wildman–Crippen MR) is 70.6 cm³/mol. The second-order valence-electron chi connectivity index (χ2n) is 3.77. The summed E-state index contributed by atoms with van der Waals surface area (Å²) >= 11 is 6.15. The van der Waals surface area contributed by atoms with E-state index < -0.39 is 0 Å². The summed E-state index contributed by atoms with van der Waals surface area (Å²) in [7, 11) is 1.64. The van der Waals surface area contributed by atoms with Crippen LogP contribution < -0.4 is 10.1 Å². The number of hydrogen-bond acceptors (Lipinski definition) is 4. The third-order valence-electron chi connectivity index (χ3n) is 2.54. The van der Waals surface area contributed by atoms with Crippen LogP contribution in [0, 0.1) is 0 Å². The first-order valence-corrected chi connectivity index (χ1v) is 5.95. The van der Waals surface area contributed by atoms with Gasteiger partial charge in [-0.05, 0) is 12.1 Å². The molecule has 0 aliphatic carbocycles. The SMILES string of the molecule is COc1cccc(Cl)c1CNCc1cncnc1. The van der Waals surface area contributed by atoms with E-state index in [2.05, 4.69) is 15.3 Å². The van der Waals surface area contributed by atoms with Crippen molar-refractivity contribution in [1.29, 1.82) is 0 Å². The molecule has 2 rings (SSSR count). The fourth-order valence-electron chi connectivity index (χ4n) is 1.65. The van der Waals surface area contributed by atoms with E-state index in [9.17, 15) is 0 Å².